The van der Waals surface area contributed by atoms with Gasteiger partial charge in [-0.25, -0.2) is 0 Å². The Morgan fingerprint density at radius 1 is 1.04 bits per heavy atom. The number of nitrogens with one attached hydrogen (secondary N) is 1. The lowest BCUT2D eigenvalue weighted by Gasteiger charge is -2.10. The number of aromatic nitrogens is 5. The summed E-state index contributed by atoms with van der Waals surface area (Å²) >= 11 is 0. The Hall–Kier alpha value is -2.82. The highest BCUT2D eigenvalue weighted by molar-refractivity contribution is 5.71. The fraction of sp³-hybridized carbons (Fsp3) is 0.222. The first-order chi connectivity index (χ1) is 11.1. The van der Waals surface area contributed by atoms with Gasteiger partial charge in [-0.2, -0.15) is 5.21 Å². The lowest BCUT2D eigenvalue weighted by atomic mass is 9.97. The highest BCUT2D eigenvalue weighted by Gasteiger charge is 2.06. The average molecular weight is 305 g/mol. The van der Waals surface area contributed by atoms with E-state index in [9.17, 15) is 0 Å². The molecule has 0 amide bonds. The summed E-state index contributed by atoms with van der Waals surface area (Å²) in [5.74, 6) is 1.10. The molecular formula is C18H19N5. The maximum atomic E-state index is 4.48. The summed E-state index contributed by atoms with van der Waals surface area (Å²) in [7, 11) is 0. The first-order valence-corrected chi connectivity index (χ1v) is 7.62. The minimum Gasteiger partial charge on any atom is -0.257 e. The lowest BCUT2D eigenvalue weighted by molar-refractivity contribution is 0.850. The van der Waals surface area contributed by atoms with Gasteiger partial charge in [0.2, 0.25) is 5.82 Å². The van der Waals surface area contributed by atoms with E-state index in [0.717, 1.165) is 16.8 Å². The number of hydrogen-bond donors (Lipinski definition) is 1. The van der Waals surface area contributed by atoms with Crippen molar-refractivity contribution in [1.29, 1.82) is 0 Å². The fourth-order valence-electron chi connectivity index (χ4n) is 2.56. The largest absolute Gasteiger partial charge is 0.257 e. The van der Waals surface area contributed by atoms with Crippen molar-refractivity contribution in [2.24, 2.45) is 0 Å². The number of tetrazole rings is 1. The first-order valence-electron chi connectivity index (χ1n) is 7.62. The Morgan fingerprint density at radius 3 is 2.48 bits per heavy atom. The quantitative estimate of drug-likeness (QED) is 0.794. The summed E-state index contributed by atoms with van der Waals surface area (Å²) in [5.41, 5.74) is 5.63. The van der Waals surface area contributed by atoms with Gasteiger partial charge in [0.05, 0.1) is 5.69 Å². The van der Waals surface area contributed by atoms with Gasteiger partial charge in [-0.15, -0.1) is 10.2 Å². The monoisotopic (exact) mass is 305 g/mol. The average Bonchev–Trinajstić information content (AvgIpc) is 3.08. The van der Waals surface area contributed by atoms with Crippen LogP contribution in [-0.2, 0) is 0 Å². The number of benzene rings is 1. The van der Waals surface area contributed by atoms with Crippen molar-refractivity contribution in [3.8, 4) is 11.4 Å². The first kappa shape index (κ1) is 15.1. The van der Waals surface area contributed by atoms with Gasteiger partial charge < -0.3 is 0 Å². The van der Waals surface area contributed by atoms with E-state index in [1.54, 1.807) is 0 Å². The van der Waals surface area contributed by atoms with Gasteiger partial charge >= 0.3 is 0 Å². The van der Waals surface area contributed by atoms with Crippen LogP contribution in [0, 0.1) is 6.92 Å². The molecule has 0 aliphatic heterocycles. The lowest BCUT2D eigenvalue weighted by Crippen LogP contribution is -1.96. The van der Waals surface area contributed by atoms with Crippen LogP contribution in [-0.4, -0.2) is 25.6 Å². The van der Waals surface area contributed by atoms with E-state index in [1.807, 2.05) is 30.5 Å². The van der Waals surface area contributed by atoms with Gasteiger partial charge in [0.25, 0.3) is 0 Å². The van der Waals surface area contributed by atoms with Gasteiger partial charge in [-0.1, -0.05) is 44.2 Å². The van der Waals surface area contributed by atoms with Gasteiger partial charge in [0.15, 0.2) is 0 Å². The highest BCUT2D eigenvalue weighted by Crippen LogP contribution is 2.22. The zero-order valence-electron chi connectivity index (χ0n) is 13.5. The molecule has 0 unspecified atom stereocenters. The molecule has 0 aliphatic carbocycles. The number of aromatic amines is 1. The van der Waals surface area contributed by atoms with E-state index in [1.165, 1.54) is 11.1 Å². The summed E-state index contributed by atoms with van der Waals surface area (Å²) < 4.78 is 0. The second-order valence-corrected chi connectivity index (χ2v) is 5.76. The van der Waals surface area contributed by atoms with Crippen molar-refractivity contribution in [2.45, 2.75) is 26.7 Å². The molecule has 1 N–H and O–H groups in total. The minimum absolute atomic E-state index is 0.499. The maximum absolute atomic E-state index is 4.48. The SMILES string of the molecule is Cc1c(C(C)C)ccnc1/C=C/c1ccc(-c2nn[nH]n2)cc1. The second-order valence-electron chi connectivity index (χ2n) is 5.76. The molecule has 0 fully saturated rings. The van der Waals surface area contributed by atoms with E-state index in [0.29, 0.717) is 11.7 Å². The molecule has 3 rings (SSSR count). The van der Waals surface area contributed by atoms with E-state index < -0.39 is 0 Å². The predicted molar refractivity (Wildman–Crippen MR) is 91.6 cm³/mol. The molecule has 23 heavy (non-hydrogen) atoms. The molecule has 1 aromatic carbocycles. The third kappa shape index (κ3) is 3.34. The number of rotatable bonds is 4. The van der Waals surface area contributed by atoms with Crippen LogP contribution in [0.15, 0.2) is 36.5 Å². The molecular weight excluding hydrogens is 286 g/mol. The molecule has 0 spiro atoms. The highest BCUT2D eigenvalue weighted by atomic mass is 15.5. The molecule has 0 atom stereocenters. The fourth-order valence-corrected chi connectivity index (χ4v) is 2.56. The molecule has 0 radical (unpaired) electrons. The summed E-state index contributed by atoms with van der Waals surface area (Å²) in [5, 5.41) is 14.0. The number of hydrogen-bond acceptors (Lipinski definition) is 4. The number of pyridine rings is 1. The van der Waals surface area contributed by atoms with Crippen LogP contribution >= 0.6 is 0 Å². The van der Waals surface area contributed by atoms with Crippen molar-refractivity contribution >= 4 is 12.2 Å². The van der Waals surface area contributed by atoms with Crippen molar-refractivity contribution in [3.05, 3.63) is 58.9 Å². The molecule has 3 aromatic rings. The zero-order chi connectivity index (χ0) is 16.2. The Labute approximate surface area is 135 Å². The molecule has 0 aliphatic rings. The molecule has 5 nitrogen and oxygen atoms in total. The predicted octanol–water partition coefficient (Wildman–Crippen LogP) is 3.86. The smallest absolute Gasteiger partial charge is 0.204 e. The number of H-pyrrole nitrogens is 1. The Morgan fingerprint density at radius 2 is 1.83 bits per heavy atom. The van der Waals surface area contributed by atoms with Gasteiger partial charge in [-0.05, 0) is 46.9 Å². The van der Waals surface area contributed by atoms with Crippen molar-refractivity contribution in [2.75, 3.05) is 0 Å². The van der Waals surface area contributed by atoms with Gasteiger partial charge in [-0.3, -0.25) is 4.98 Å². The zero-order valence-corrected chi connectivity index (χ0v) is 13.5. The number of nitrogens with zero attached hydrogens (tertiary/aromatic N) is 4. The van der Waals surface area contributed by atoms with Crippen molar-refractivity contribution < 1.29 is 0 Å². The van der Waals surface area contributed by atoms with Crippen LogP contribution in [0.4, 0.5) is 0 Å². The van der Waals surface area contributed by atoms with Gasteiger partial charge in [0.1, 0.15) is 0 Å². The minimum atomic E-state index is 0.499. The Kier molecular flexibility index (Phi) is 4.28. The molecule has 116 valence electrons. The van der Waals surface area contributed by atoms with Crippen LogP contribution < -0.4 is 0 Å². The third-order valence-electron chi connectivity index (χ3n) is 3.85. The molecule has 0 bridgehead atoms. The molecule has 2 heterocycles. The normalized spacial score (nSPS) is 11.5. The maximum Gasteiger partial charge on any atom is 0.204 e. The van der Waals surface area contributed by atoms with Gasteiger partial charge in [0, 0.05) is 11.8 Å². The Bertz CT molecular complexity index is 802. The van der Waals surface area contributed by atoms with Crippen molar-refractivity contribution in [1.82, 2.24) is 25.6 Å². The van der Waals surface area contributed by atoms with E-state index >= 15 is 0 Å². The van der Waals surface area contributed by atoms with E-state index in [4.69, 9.17) is 0 Å². The van der Waals surface area contributed by atoms with Crippen molar-refractivity contribution in [3.63, 3.8) is 0 Å². The summed E-state index contributed by atoms with van der Waals surface area (Å²) in [6.45, 7) is 6.53. The third-order valence-corrected chi connectivity index (χ3v) is 3.85. The van der Waals surface area contributed by atoms with Crippen LogP contribution in [0.3, 0.4) is 0 Å². The van der Waals surface area contributed by atoms with Crippen LogP contribution in [0.1, 0.15) is 42.1 Å². The molecule has 5 heteroatoms. The van der Waals surface area contributed by atoms with Crippen LogP contribution in [0.25, 0.3) is 23.5 Å². The topological polar surface area (TPSA) is 67.3 Å². The van der Waals surface area contributed by atoms with Crippen LogP contribution in [0.5, 0.6) is 0 Å². The second kappa shape index (κ2) is 6.52. The Balaban J connectivity index is 1.82. The summed E-state index contributed by atoms with van der Waals surface area (Å²) in [6.07, 6.45) is 6.01. The summed E-state index contributed by atoms with van der Waals surface area (Å²) in [6, 6.07) is 10.1. The molecule has 0 saturated heterocycles. The standard InChI is InChI=1S/C18H19N5/c1-12(2)16-10-11-19-17(13(16)3)9-6-14-4-7-15(8-5-14)18-20-22-23-21-18/h4-12H,1-3H3,(H,20,21,22,23)/b9-6+. The van der Waals surface area contributed by atoms with E-state index in [2.05, 4.69) is 64.6 Å². The summed E-state index contributed by atoms with van der Waals surface area (Å²) in [4.78, 5) is 4.48. The van der Waals surface area contributed by atoms with E-state index in [-0.39, 0.29) is 0 Å². The molecule has 2 aromatic heterocycles. The molecule has 0 saturated carbocycles. The van der Waals surface area contributed by atoms with Crippen LogP contribution in [0.2, 0.25) is 0 Å².